The van der Waals surface area contributed by atoms with Crippen molar-refractivity contribution in [3.8, 4) is 5.75 Å². The number of ether oxygens (including phenoxy) is 2. The molecule has 0 saturated heterocycles. The molecule has 6 heteroatoms. The maximum atomic E-state index is 12.4. The van der Waals surface area contributed by atoms with E-state index >= 15 is 0 Å². The number of carbonyl (C=O) groups is 2. The average Bonchev–Trinajstić information content (AvgIpc) is 2.72. The molecule has 5 nitrogen and oxygen atoms in total. The van der Waals surface area contributed by atoms with Crippen LogP contribution in [0, 0.1) is 0 Å². The lowest BCUT2D eigenvalue weighted by atomic mass is 10.00. The van der Waals surface area contributed by atoms with Crippen LogP contribution in [0.2, 0.25) is 5.02 Å². The fourth-order valence-corrected chi connectivity index (χ4v) is 3.12. The summed E-state index contributed by atoms with van der Waals surface area (Å²) in [4.78, 5) is 26.3. The average molecular weight is 386 g/mol. The second-order valence-electron chi connectivity index (χ2n) is 6.11. The first-order chi connectivity index (χ1) is 13.1. The van der Waals surface area contributed by atoms with Gasteiger partial charge in [0.15, 0.2) is 6.61 Å². The van der Waals surface area contributed by atoms with E-state index < -0.39 is 5.97 Å². The number of nitrogens with zero attached hydrogens (tertiary/aromatic N) is 1. The molecule has 140 valence electrons. The molecule has 1 amide bonds. The Hall–Kier alpha value is -2.79. The smallest absolute Gasteiger partial charge is 0.342 e. The van der Waals surface area contributed by atoms with Gasteiger partial charge < -0.3 is 14.4 Å². The van der Waals surface area contributed by atoms with E-state index in [1.165, 1.54) is 24.3 Å². The molecule has 3 rings (SSSR count). The molecule has 2 aromatic carbocycles. The minimum Gasteiger partial charge on any atom is -0.496 e. The molecule has 2 aromatic rings. The van der Waals surface area contributed by atoms with E-state index in [1.54, 1.807) is 17.0 Å². The van der Waals surface area contributed by atoms with E-state index in [9.17, 15) is 9.59 Å². The van der Waals surface area contributed by atoms with Crippen LogP contribution in [0.4, 0.5) is 0 Å². The number of benzene rings is 2. The van der Waals surface area contributed by atoms with E-state index in [-0.39, 0.29) is 18.1 Å². The van der Waals surface area contributed by atoms with Crippen LogP contribution in [0.5, 0.6) is 5.75 Å². The highest BCUT2D eigenvalue weighted by Gasteiger charge is 2.21. The number of amides is 1. The predicted molar refractivity (Wildman–Crippen MR) is 104 cm³/mol. The van der Waals surface area contributed by atoms with Gasteiger partial charge >= 0.3 is 5.97 Å². The van der Waals surface area contributed by atoms with Crippen molar-refractivity contribution >= 4 is 29.1 Å². The largest absolute Gasteiger partial charge is 0.496 e. The van der Waals surface area contributed by atoms with Gasteiger partial charge in [-0.25, -0.2) is 4.79 Å². The molecule has 0 atom stereocenters. The summed E-state index contributed by atoms with van der Waals surface area (Å²) < 4.78 is 10.3. The number of methoxy groups -OCH3 is 1. The van der Waals surface area contributed by atoms with Crippen molar-refractivity contribution in [1.29, 1.82) is 0 Å². The molecule has 0 radical (unpaired) electrons. The highest BCUT2D eigenvalue weighted by atomic mass is 35.5. The molecule has 0 aliphatic carbocycles. The van der Waals surface area contributed by atoms with E-state index in [0.717, 1.165) is 6.42 Å². The van der Waals surface area contributed by atoms with E-state index in [0.29, 0.717) is 23.9 Å². The van der Waals surface area contributed by atoms with Gasteiger partial charge in [-0.05, 0) is 35.8 Å². The zero-order chi connectivity index (χ0) is 19.2. The molecule has 0 saturated carbocycles. The Morgan fingerprint density at radius 1 is 1.15 bits per heavy atom. The second-order valence-corrected chi connectivity index (χ2v) is 6.54. The zero-order valence-corrected chi connectivity index (χ0v) is 15.7. The van der Waals surface area contributed by atoms with Crippen LogP contribution in [0.1, 0.15) is 22.3 Å². The van der Waals surface area contributed by atoms with Crippen LogP contribution < -0.4 is 4.74 Å². The highest BCUT2D eigenvalue weighted by Crippen LogP contribution is 2.24. The SMILES string of the molecule is COc1ccc(Cl)cc1C(=O)OCC(=O)N1CC=C(c2ccccc2)CC1. The quantitative estimate of drug-likeness (QED) is 0.734. The fourth-order valence-electron chi connectivity index (χ4n) is 2.95. The third kappa shape index (κ3) is 4.68. The number of hydrogen-bond acceptors (Lipinski definition) is 4. The molecule has 0 aromatic heterocycles. The van der Waals surface area contributed by atoms with Crippen molar-refractivity contribution in [3.63, 3.8) is 0 Å². The zero-order valence-electron chi connectivity index (χ0n) is 15.0. The lowest BCUT2D eigenvalue weighted by Crippen LogP contribution is -2.37. The van der Waals surface area contributed by atoms with Crippen LogP contribution in [-0.2, 0) is 9.53 Å². The van der Waals surface area contributed by atoms with Crippen molar-refractivity contribution in [2.75, 3.05) is 26.8 Å². The Labute approximate surface area is 163 Å². The standard InChI is InChI=1S/C21H20ClNO4/c1-26-19-8-7-17(22)13-18(19)21(25)27-14-20(24)23-11-9-16(10-12-23)15-5-3-2-4-6-15/h2-9,13H,10-12,14H2,1H3. The Bertz CT molecular complexity index is 864. The summed E-state index contributed by atoms with van der Waals surface area (Å²) in [6, 6.07) is 14.8. The van der Waals surface area contributed by atoms with Gasteiger partial charge in [0.25, 0.3) is 5.91 Å². The molecule has 0 bridgehead atoms. The van der Waals surface area contributed by atoms with E-state index in [4.69, 9.17) is 21.1 Å². The number of halogens is 1. The molecule has 1 heterocycles. The molecule has 27 heavy (non-hydrogen) atoms. The van der Waals surface area contributed by atoms with Gasteiger partial charge in [0.05, 0.1) is 7.11 Å². The molecular formula is C21H20ClNO4. The molecule has 1 aliphatic rings. The van der Waals surface area contributed by atoms with Gasteiger partial charge in [-0.1, -0.05) is 48.0 Å². The van der Waals surface area contributed by atoms with Crippen molar-refractivity contribution in [2.45, 2.75) is 6.42 Å². The molecular weight excluding hydrogens is 366 g/mol. The minimum atomic E-state index is -0.639. The summed E-state index contributed by atoms with van der Waals surface area (Å²) in [6.07, 6.45) is 2.81. The maximum absolute atomic E-state index is 12.4. The molecule has 1 aliphatic heterocycles. The monoisotopic (exact) mass is 385 g/mol. The summed E-state index contributed by atoms with van der Waals surface area (Å²) in [6.45, 7) is 0.779. The Kier molecular flexibility index (Phi) is 6.14. The number of rotatable bonds is 5. The third-order valence-corrected chi connectivity index (χ3v) is 4.65. The predicted octanol–water partition coefficient (Wildman–Crippen LogP) is 3.82. The first-order valence-electron chi connectivity index (χ1n) is 8.61. The normalized spacial score (nSPS) is 13.7. The lowest BCUT2D eigenvalue weighted by molar-refractivity contribution is -0.134. The minimum absolute atomic E-state index is 0.197. The van der Waals surface area contributed by atoms with Crippen molar-refractivity contribution in [2.24, 2.45) is 0 Å². The second kappa shape index (κ2) is 8.73. The molecule has 0 spiro atoms. The topological polar surface area (TPSA) is 55.8 Å². The first kappa shape index (κ1) is 19.0. The number of esters is 1. The fraction of sp³-hybridized carbons (Fsp3) is 0.238. The van der Waals surface area contributed by atoms with Crippen LogP contribution in [0.25, 0.3) is 5.57 Å². The van der Waals surface area contributed by atoms with Crippen molar-refractivity contribution < 1.29 is 19.1 Å². The summed E-state index contributed by atoms with van der Waals surface area (Å²) in [5.41, 5.74) is 2.59. The Morgan fingerprint density at radius 3 is 2.59 bits per heavy atom. The number of carbonyl (C=O) groups excluding carboxylic acids is 2. The van der Waals surface area contributed by atoms with Crippen molar-refractivity contribution in [3.05, 3.63) is 70.8 Å². The van der Waals surface area contributed by atoms with Crippen LogP contribution in [-0.4, -0.2) is 43.6 Å². The van der Waals surface area contributed by atoms with Gasteiger partial charge in [-0.2, -0.15) is 0 Å². The lowest BCUT2D eigenvalue weighted by Gasteiger charge is -2.26. The molecule has 0 unspecified atom stereocenters. The van der Waals surface area contributed by atoms with Crippen LogP contribution in [0.15, 0.2) is 54.6 Å². The van der Waals surface area contributed by atoms with Gasteiger partial charge in [0, 0.05) is 18.1 Å². The summed E-state index contributed by atoms with van der Waals surface area (Å²) >= 11 is 5.92. The van der Waals surface area contributed by atoms with Crippen LogP contribution in [0.3, 0.4) is 0 Å². The van der Waals surface area contributed by atoms with Gasteiger partial charge in [-0.3, -0.25) is 4.79 Å². The Morgan fingerprint density at radius 2 is 1.93 bits per heavy atom. The number of hydrogen-bond donors (Lipinski definition) is 0. The van der Waals surface area contributed by atoms with Crippen LogP contribution >= 0.6 is 11.6 Å². The van der Waals surface area contributed by atoms with E-state index in [2.05, 4.69) is 12.1 Å². The molecule has 0 N–H and O–H groups in total. The maximum Gasteiger partial charge on any atom is 0.342 e. The third-order valence-electron chi connectivity index (χ3n) is 4.41. The summed E-state index contributed by atoms with van der Waals surface area (Å²) in [5.74, 6) is -0.516. The van der Waals surface area contributed by atoms with Gasteiger partial charge in [0.2, 0.25) is 0 Å². The Balaban J connectivity index is 1.57. The summed E-state index contributed by atoms with van der Waals surface area (Å²) in [5, 5.41) is 0.392. The molecule has 0 fully saturated rings. The highest BCUT2D eigenvalue weighted by molar-refractivity contribution is 6.31. The van der Waals surface area contributed by atoms with Crippen molar-refractivity contribution in [1.82, 2.24) is 4.90 Å². The van der Waals surface area contributed by atoms with E-state index in [1.807, 2.05) is 24.3 Å². The van der Waals surface area contributed by atoms with Gasteiger partial charge in [0.1, 0.15) is 11.3 Å². The summed E-state index contributed by atoms with van der Waals surface area (Å²) in [7, 11) is 1.45. The van der Waals surface area contributed by atoms with Gasteiger partial charge in [-0.15, -0.1) is 0 Å². The first-order valence-corrected chi connectivity index (χ1v) is 8.99.